The first-order valence-electron chi connectivity index (χ1n) is 6.70. The topological polar surface area (TPSA) is 15.8 Å². The highest BCUT2D eigenvalue weighted by Gasteiger charge is 2.11. The maximum atomic E-state index is 3.62. The summed E-state index contributed by atoms with van der Waals surface area (Å²) in [4.78, 5) is 3.62. The lowest BCUT2D eigenvalue weighted by Gasteiger charge is -2.08. The lowest BCUT2D eigenvalue weighted by molar-refractivity contribution is 0.613. The Labute approximate surface area is 103 Å². The number of aryl methyl sites for hydroxylation is 2. The predicted octanol–water partition coefficient (Wildman–Crippen LogP) is 4.34. The Bertz CT molecular complexity index is 456. The van der Waals surface area contributed by atoms with Crippen molar-refractivity contribution in [1.82, 2.24) is 4.98 Å². The van der Waals surface area contributed by atoms with E-state index in [1.807, 2.05) is 0 Å². The Morgan fingerprint density at radius 1 is 0.824 bits per heavy atom. The highest BCUT2D eigenvalue weighted by molar-refractivity contribution is 5.61. The molecule has 0 saturated heterocycles. The van der Waals surface area contributed by atoms with Gasteiger partial charge in [0.25, 0.3) is 0 Å². The van der Waals surface area contributed by atoms with Crippen LogP contribution in [0, 0.1) is 0 Å². The van der Waals surface area contributed by atoms with Gasteiger partial charge in [0.05, 0.1) is 0 Å². The Balaban J connectivity index is 1.95. The number of rotatable bonds is 1. The van der Waals surface area contributed by atoms with E-state index in [-0.39, 0.29) is 0 Å². The smallest absolute Gasteiger partial charge is 0.0458 e. The van der Waals surface area contributed by atoms with Gasteiger partial charge in [-0.15, -0.1) is 0 Å². The number of hydrogen-bond acceptors (Lipinski definition) is 0. The number of hydrogen-bond donors (Lipinski definition) is 1. The van der Waals surface area contributed by atoms with Crippen molar-refractivity contribution in [2.45, 2.75) is 38.5 Å². The number of fused-ring (bicyclic) bond motifs is 1. The fourth-order valence-electron chi connectivity index (χ4n) is 2.73. The van der Waals surface area contributed by atoms with E-state index in [4.69, 9.17) is 0 Å². The van der Waals surface area contributed by atoms with E-state index >= 15 is 0 Å². The zero-order chi connectivity index (χ0) is 11.5. The molecule has 0 atom stereocenters. The summed E-state index contributed by atoms with van der Waals surface area (Å²) in [6.45, 7) is 0. The van der Waals surface area contributed by atoms with Gasteiger partial charge in [-0.2, -0.15) is 0 Å². The molecule has 1 heterocycles. The molecule has 1 aliphatic carbocycles. The van der Waals surface area contributed by atoms with Crippen LogP contribution in [0.5, 0.6) is 0 Å². The van der Waals surface area contributed by atoms with Crippen LogP contribution in [-0.4, -0.2) is 4.98 Å². The number of aromatic nitrogens is 1. The Morgan fingerprint density at radius 3 is 2.41 bits per heavy atom. The van der Waals surface area contributed by atoms with E-state index in [0.29, 0.717) is 0 Å². The molecule has 0 bridgehead atoms. The summed E-state index contributed by atoms with van der Waals surface area (Å²) in [6, 6.07) is 13.0. The van der Waals surface area contributed by atoms with Gasteiger partial charge in [-0.1, -0.05) is 43.2 Å². The first-order chi connectivity index (χ1) is 8.43. The lowest BCUT2D eigenvalue weighted by Crippen LogP contribution is -1.97. The van der Waals surface area contributed by atoms with Gasteiger partial charge in [-0.05, 0) is 42.9 Å². The molecule has 0 fully saturated rings. The van der Waals surface area contributed by atoms with Crippen LogP contribution in [-0.2, 0) is 12.8 Å². The minimum absolute atomic E-state index is 1.22. The van der Waals surface area contributed by atoms with Gasteiger partial charge >= 0.3 is 0 Å². The van der Waals surface area contributed by atoms with Crippen LogP contribution in [0.25, 0.3) is 11.3 Å². The van der Waals surface area contributed by atoms with Crippen LogP contribution in [0.1, 0.15) is 36.9 Å². The molecule has 0 unspecified atom stereocenters. The van der Waals surface area contributed by atoms with E-state index in [1.165, 1.54) is 55.5 Å². The second kappa shape index (κ2) is 4.79. The second-order valence-corrected chi connectivity index (χ2v) is 4.97. The SMILES string of the molecule is c1ccc(-c2cc3c([nH]2)CCCCCC3)cc1. The summed E-state index contributed by atoms with van der Waals surface area (Å²) in [5.41, 5.74) is 5.61. The van der Waals surface area contributed by atoms with Gasteiger partial charge in [0.1, 0.15) is 0 Å². The van der Waals surface area contributed by atoms with Gasteiger partial charge in [0, 0.05) is 11.4 Å². The van der Waals surface area contributed by atoms with Crippen molar-refractivity contribution >= 4 is 0 Å². The Morgan fingerprint density at radius 2 is 1.59 bits per heavy atom. The average molecular weight is 225 g/mol. The van der Waals surface area contributed by atoms with Crippen LogP contribution in [0.3, 0.4) is 0 Å². The molecule has 0 spiro atoms. The Kier molecular flexibility index (Phi) is 3.00. The van der Waals surface area contributed by atoms with Crippen molar-refractivity contribution < 1.29 is 0 Å². The third-order valence-corrected chi connectivity index (χ3v) is 3.70. The van der Waals surface area contributed by atoms with Crippen molar-refractivity contribution in [2.75, 3.05) is 0 Å². The summed E-state index contributed by atoms with van der Waals surface area (Å²) in [6.07, 6.45) is 7.94. The molecular weight excluding hydrogens is 206 g/mol. The average Bonchev–Trinajstić information content (AvgIpc) is 2.73. The normalized spacial score (nSPS) is 16.0. The molecule has 1 aromatic carbocycles. The van der Waals surface area contributed by atoms with Crippen molar-refractivity contribution in [3.05, 3.63) is 47.7 Å². The van der Waals surface area contributed by atoms with Gasteiger partial charge in [0.2, 0.25) is 0 Å². The first-order valence-corrected chi connectivity index (χ1v) is 6.70. The summed E-state index contributed by atoms with van der Waals surface area (Å²) in [5, 5.41) is 0. The molecule has 1 heteroatoms. The Hall–Kier alpha value is -1.50. The molecule has 1 aromatic heterocycles. The summed E-state index contributed by atoms with van der Waals surface area (Å²) in [7, 11) is 0. The third-order valence-electron chi connectivity index (χ3n) is 3.70. The van der Waals surface area contributed by atoms with Crippen molar-refractivity contribution in [1.29, 1.82) is 0 Å². The van der Waals surface area contributed by atoms with Gasteiger partial charge in [-0.3, -0.25) is 0 Å². The fraction of sp³-hybridized carbons (Fsp3) is 0.375. The van der Waals surface area contributed by atoms with E-state index in [0.717, 1.165) is 0 Å². The zero-order valence-electron chi connectivity index (χ0n) is 10.2. The maximum Gasteiger partial charge on any atom is 0.0458 e. The van der Waals surface area contributed by atoms with Crippen molar-refractivity contribution in [3.8, 4) is 11.3 Å². The lowest BCUT2D eigenvalue weighted by atomic mass is 9.99. The zero-order valence-corrected chi connectivity index (χ0v) is 10.2. The molecule has 88 valence electrons. The largest absolute Gasteiger partial charge is 0.358 e. The van der Waals surface area contributed by atoms with Crippen molar-refractivity contribution in [3.63, 3.8) is 0 Å². The van der Waals surface area contributed by atoms with Crippen LogP contribution >= 0.6 is 0 Å². The second-order valence-electron chi connectivity index (χ2n) is 4.97. The highest BCUT2D eigenvalue weighted by atomic mass is 14.7. The summed E-state index contributed by atoms with van der Waals surface area (Å²) < 4.78 is 0. The number of nitrogens with one attached hydrogen (secondary N) is 1. The monoisotopic (exact) mass is 225 g/mol. The quantitative estimate of drug-likeness (QED) is 0.743. The predicted molar refractivity (Wildman–Crippen MR) is 72.1 cm³/mol. The number of H-pyrrole nitrogens is 1. The van der Waals surface area contributed by atoms with Crippen LogP contribution in [0.4, 0.5) is 0 Å². The van der Waals surface area contributed by atoms with E-state index in [9.17, 15) is 0 Å². The first kappa shape index (κ1) is 10.6. The van der Waals surface area contributed by atoms with Gasteiger partial charge in [0.15, 0.2) is 0 Å². The standard InChI is InChI=1S/C16H19N/c1-2-7-11-15-14(10-4-1)12-16(17-15)13-8-5-3-6-9-13/h3,5-6,8-9,12,17H,1-2,4,7,10-11H2. The van der Waals surface area contributed by atoms with Crippen molar-refractivity contribution in [2.24, 2.45) is 0 Å². The minimum atomic E-state index is 1.22. The fourth-order valence-corrected chi connectivity index (χ4v) is 2.73. The van der Waals surface area contributed by atoms with Gasteiger partial charge in [-0.25, -0.2) is 0 Å². The molecular formula is C16H19N. The summed E-state index contributed by atoms with van der Waals surface area (Å²) in [5.74, 6) is 0. The molecule has 1 nitrogen and oxygen atoms in total. The molecule has 2 aromatic rings. The molecule has 0 radical (unpaired) electrons. The molecule has 1 aliphatic rings. The summed E-state index contributed by atoms with van der Waals surface area (Å²) >= 11 is 0. The number of aromatic amines is 1. The molecule has 3 rings (SSSR count). The van der Waals surface area contributed by atoms with Crippen LogP contribution < -0.4 is 0 Å². The third kappa shape index (κ3) is 2.28. The minimum Gasteiger partial charge on any atom is -0.358 e. The van der Waals surface area contributed by atoms with E-state index in [1.54, 1.807) is 5.56 Å². The highest BCUT2D eigenvalue weighted by Crippen LogP contribution is 2.26. The van der Waals surface area contributed by atoms with Gasteiger partial charge < -0.3 is 4.98 Å². The van der Waals surface area contributed by atoms with Crippen LogP contribution in [0.15, 0.2) is 36.4 Å². The molecule has 17 heavy (non-hydrogen) atoms. The number of benzene rings is 1. The molecule has 0 aliphatic heterocycles. The maximum absolute atomic E-state index is 3.62. The van der Waals surface area contributed by atoms with E-state index in [2.05, 4.69) is 41.4 Å². The van der Waals surface area contributed by atoms with Crippen LogP contribution in [0.2, 0.25) is 0 Å². The van der Waals surface area contributed by atoms with E-state index < -0.39 is 0 Å². The molecule has 0 saturated carbocycles. The molecule has 1 N–H and O–H groups in total. The molecule has 0 amide bonds.